The predicted molar refractivity (Wildman–Crippen MR) is 79.2 cm³/mol. The third-order valence-electron chi connectivity index (χ3n) is 3.65. The largest absolute Gasteiger partial charge is 0.339 e. The summed E-state index contributed by atoms with van der Waals surface area (Å²) in [4.78, 5) is 14.1. The summed E-state index contributed by atoms with van der Waals surface area (Å²) in [5.41, 5.74) is 0.902. The predicted octanol–water partition coefficient (Wildman–Crippen LogP) is 1.93. The lowest BCUT2D eigenvalue weighted by atomic mass is 10.1. The number of benzene rings is 1. The quantitative estimate of drug-likeness (QED) is 0.903. The molecule has 0 heterocycles. The SMILES string of the molecule is C[C@H](C1CC1)N(C)C(=O)c1cccc(NS(C)(=O)=O)c1. The number of anilines is 1. The number of nitrogens with one attached hydrogen (secondary N) is 1. The van der Waals surface area contributed by atoms with Gasteiger partial charge in [0.25, 0.3) is 5.91 Å². The number of hydrogen-bond acceptors (Lipinski definition) is 3. The highest BCUT2D eigenvalue weighted by atomic mass is 32.2. The molecule has 1 fully saturated rings. The maximum Gasteiger partial charge on any atom is 0.253 e. The number of sulfonamides is 1. The fraction of sp³-hybridized carbons (Fsp3) is 0.500. The normalized spacial score (nSPS) is 16.6. The molecule has 1 aromatic rings. The van der Waals surface area contributed by atoms with Gasteiger partial charge in [0.1, 0.15) is 0 Å². The highest BCUT2D eigenvalue weighted by Gasteiger charge is 2.32. The standard InChI is InChI=1S/C14H20N2O3S/c1-10(11-7-8-11)16(2)14(17)12-5-4-6-13(9-12)15-20(3,18)19/h4-6,9-11,15H,7-8H2,1-3H3/t10-/m1/s1. The molecule has 2 rings (SSSR count). The number of amides is 1. The van der Waals surface area contributed by atoms with Gasteiger partial charge < -0.3 is 4.90 Å². The minimum absolute atomic E-state index is 0.0819. The van der Waals surface area contributed by atoms with E-state index in [4.69, 9.17) is 0 Å². The van der Waals surface area contributed by atoms with Gasteiger partial charge in [-0.3, -0.25) is 9.52 Å². The Balaban J connectivity index is 2.15. The maximum absolute atomic E-state index is 12.4. The van der Waals surface area contributed by atoms with Crippen LogP contribution in [0.3, 0.4) is 0 Å². The average Bonchev–Trinajstić information content (AvgIpc) is 3.18. The van der Waals surface area contributed by atoms with Crippen LogP contribution in [-0.4, -0.2) is 38.6 Å². The fourth-order valence-electron chi connectivity index (χ4n) is 2.21. The van der Waals surface area contributed by atoms with E-state index in [0.717, 1.165) is 6.26 Å². The summed E-state index contributed by atoms with van der Waals surface area (Å²) in [5.74, 6) is 0.517. The summed E-state index contributed by atoms with van der Waals surface area (Å²) in [6.07, 6.45) is 3.44. The minimum atomic E-state index is -3.33. The van der Waals surface area contributed by atoms with Gasteiger partial charge in [0, 0.05) is 24.3 Å². The van der Waals surface area contributed by atoms with Crippen molar-refractivity contribution in [3.05, 3.63) is 29.8 Å². The Kier molecular flexibility index (Phi) is 4.04. The first-order valence-electron chi connectivity index (χ1n) is 6.63. The van der Waals surface area contributed by atoms with E-state index in [1.165, 1.54) is 12.8 Å². The monoisotopic (exact) mass is 296 g/mol. The van der Waals surface area contributed by atoms with Crippen molar-refractivity contribution in [3.8, 4) is 0 Å². The molecule has 0 unspecified atom stereocenters. The molecule has 0 radical (unpaired) electrons. The van der Waals surface area contributed by atoms with Crippen molar-refractivity contribution in [2.45, 2.75) is 25.8 Å². The summed E-state index contributed by atoms with van der Waals surface area (Å²) in [5, 5.41) is 0. The van der Waals surface area contributed by atoms with Gasteiger partial charge >= 0.3 is 0 Å². The Morgan fingerprint density at radius 2 is 2.05 bits per heavy atom. The van der Waals surface area contributed by atoms with Crippen molar-refractivity contribution < 1.29 is 13.2 Å². The van der Waals surface area contributed by atoms with Crippen LogP contribution >= 0.6 is 0 Å². The lowest BCUT2D eigenvalue weighted by Crippen LogP contribution is -2.36. The molecule has 110 valence electrons. The number of carbonyl (C=O) groups is 1. The molecule has 0 aliphatic heterocycles. The molecular formula is C14H20N2O3S. The van der Waals surface area contributed by atoms with Crippen LogP contribution in [0.15, 0.2) is 24.3 Å². The molecule has 0 bridgehead atoms. The van der Waals surface area contributed by atoms with Gasteiger partial charge in [-0.25, -0.2) is 8.42 Å². The number of hydrogen-bond donors (Lipinski definition) is 1. The van der Waals surface area contributed by atoms with E-state index in [9.17, 15) is 13.2 Å². The molecule has 1 atom stereocenters. The van der Waals surface area contributed by atoms with Gasteiger partial charge in [-0.2, -0.15) is 0 Å². The number of rotatable bonds is 5. The summed E-state index contributed by atoms with van der Waals surface area (Å²) in [6, 6.07) is 6.79. The van der Waals surface area contributed by atoms with Crippen LogP contribution in [0.25, 0.3) is 0 Å². The Morgan fingerprint density at radius 3 is 2.60 bits per heavy atom. The molecule has 0 spiro atoms. The van der Waals surface area contributed by atoms with E-state index in [2.05, 4.69) is 4.72 Å². The molecule has 1 aromatic carbocycles. The smallest absolute Gasteiger partial charge is 0.253 e. The van der Waals surface area contributed by atoms with Crippen molar-refractivity contribution in [1.82, 2.24) is 4.90 Å². The maximum atomic E-state index is 12.4. The third kappa shape index (κ3) is 3.72. The van der Waals surface area contributed by atoms with E-state index >= 15 is 0 Å². The Bertz CT molecular complexity index is 609. The summed E-state index contributed by atoms with van der Waals surface area (Å²) in [7, 11) is -1.54. The van der Waals surface area contributed by atoms with Gasteiger partial charge in [0.2, 0.25) is 10.0 Å². The Morgan fingerprint density at radius 1 is 1.40 bits per heavy atom. The van der Waals surface area contributed by atoms with Crippen LogP contribution in [0.5, 0.6) is 0 Å². The van der Waals surface area contributed by atoms with Gasteiger partial charge in [0.05, 0.1) is 6.26 Å². The van der Waals surface area contributed by atoms with Crippen molar-refractivity contribution in [2.75, 3.05) is 18.0 Å². The zero-order valence-corrected chi connectivity index (χ0v) is 12.8. The molecule has 1 amide bonds. The molecule has 1 aliphatic rings. The highest BCUT2D eigenvalue weighted by molar-refractivity contribution is 7.92. The highest BCUT2D eigenvalue weighted by Crippen LogP contribution is 2.35. The molecule has 1 N–H and O–H groups in total. The van der Waals surface area contributed by atoms with Gasteiger partial charge in [-0.15, -0.1) is 0 Å². The zero-order valence-electron chi connectivity index (χ0n) is 12.0. The first-order chi connectivity index (χ1) is 9.28. The van der Waals surface area contributed by atoms with E-state index in [0.29, 0.717) is 17.2 Å². The van der Waals surface area contributed by atoms with E-state index in [1.807, 2.05) is 6.92 Å². The van der Waals surface area contributed by atoms with E-state index in [1.54, 1.807) is 36.2 Å². The number of carbonyl (C=O) groups excluding carboxylic acids is 1. The Hall–Kier alpha value is -1.56. The molecular weight excluding hydrogens is 276 g/mol. The molecule has 0 aromatic heterocycles. The van der Waals surface area contributed by atoms with Gasteiger partial charge in [0.15, 0.2) is 0 Å². The molecule has 1 saturated carbocycles. The average molecular weight is 296 g/mol. The van der Waals surface area contributed by atoms with Crippen LogP contribution < -0.4 is 4.72 Å². The minimum Gasteiger partial charge on any atom is -0.339 e. The van der Waals surface area contributed by atoms with Gasteiger partial charge in [-0.1, -0.05) is 6.07 Å². The summed E-state index contributed by atoms with van der Waals surface area (Å²) < 4.78 is 24.8. The lowest BCUT2D eigenvalue weighted by molar-refractivity contribution is 0.0727. The third-order valence-corrected chi connectivity index (χ3v) is 4.25. The van der Waals surface area contributed by atoms with Crippen LogP contribution in [0.2, 0.25) is 0 Å². The zero-order chi connectivity index (χ0) is 14.9. The van der Waals surface area contributed by atoms with Crippen molar-refractivity contribution in [1.29, 1.82) is 0 Å². The summed E-state index contributed by atoms with van der Waals surface area (Å²) >= 11 is 0. The van der Waals surface area contributed by atoms with Crippen LogP contribution in [0, 0.1) is 5.92 Å². The topological polar surface area (TPSA) is 66.5 Å². The fourth-order valence-corrected chi connectivity index (χ4v) is 2.77. The van der Waals surface area contributed by atoms with E-state index in [-0.39, 0.29) is 11.9 Å². The number of nitrogens with zero attached hydrogens (tertiary/aromatic N) is 1. The van der Waals surface area contributed by atoms with Crippen LogP contribution in [0.4, 0.5) is 5.69 Å². The summed E-state index contributed by atoms with van der Waals surface area (Å²) in [6.45, 7) is 2.05. The van der Waals surface area contributed by atoms with Crippen LogP contribution in [-0.2, 0) is 10.0 Å². The molecule has 1 aliphatic carbocycles. The van der Waals surface area contributed by atoms with E-state index < -0.39 is 10.0 Å². The molecule has 0 saturated heterocycles. The lowest BCUT2D eigenvalue weighted by Gasteiger charge is -2.25. The second-order valence-electron chi connectivity index (χ2n) is 5.45. The second kappa shape index (κ2) is 5.44. The van der Waals surface area contributed by atoms with Crippen LogP contribution in [0.1, 0.15) is 30.1 Å². The van der Waals surface area contributed by atoms with Crippen molar-refractivity contribution in [3.63, 3.8) is 0 Å². The first kappa shape index (κ1) is 14.8. The van der Waals surface area contributed by atoms with Gasteiger partial charge in [-0.05, 0) is 43.9 Å². The first-order valence-corrected chi connectivity index (χ1v) is 8.52. The molecule has 5 nitrogen and oxygen atoms in total. The second-order valence-corrected chi connectivity index (χ2v) is 7.20. The van der Waals surface area contributed by atoms with Crippen molar-refractivity contribution >= 4 is 21.6 Å². The Labute approximate surface area is 120 Å². The molecule has 20 heavy (non-hydrogen) atoms. The van der Waals surface area contributed by atoms with Crippen molar-refractivity contribution in [2.24, 2.45) is 5.92 Å². The molecule has 6 heteroatoms.